The molecule has 0 saturated heterocycles. The maximum atomic E-state index is 11.6. The SMILES string of the molecule is Cn1ccc2cc(Br)cc(O)c2c1=O. The molecule has 0 spiro atoms. The van der Waals surface area contributed by atoms with Crippen molar-refractivity contribution in [1.29, 1.82) is 0 Å². The smallest absolute Gasteiger partial charge is 0.261 e. The number of aromatic nitrogens is 1. The number of phenolic OH excluding ortho intramolecular Hbond substituents is 1. The van der Waals surface area contributed by atoms with Crippen molar-refractivity contribution in [2.24, 2.45) is 7.05 Å². The fraction of sp³-hybridized carbons (Fsp3) is 0.100. The zero-order valence-electron chi connectivity index (χ0n) is 7.49. The maximum Gasteiger partial charge on any atom is 0.261 e. The van der Waals surface area contributed by atoms with Gasteiger partial charge in [-0.2, -0.15) is 0 Å². The lowest BCUT2D eigenvalue weighted by Gasteiger charge is -2.03. The molecule has 1 N–H and O–H groups in total. The van der Waals surface area contributed by atoms with Gasteiger partial charge in [-0.05, 0) is 23.6 Å². The second-order valence-electron chi connectivity index (χ2n) is 3.12. The lowest BCUT2D eigenvalue weighted by Crippen LogP contribution is -2.15. The van der Waals surface area contributed by atoms with Gasteiger partial charge in [-0.15, -0.1) is 0 Å². The second kappa shape index (κ2) is 3.13. The number of aromatic hydroxyl groups is 1. The van der Waals surface area contributed by atoms with Gasteiger partial charge in [0.25, 0.3) is 5.56 Å². The van der Waals surface area contributed by atoms with Crippen LogP contribution < -0.4 is 5.56 Å². The molecule has 1 heterocycles. The molecule has 0 saturated carbocycles. The molecule has 0 radical (unpaired) electrons. The van der Waals surface area contributed by atoms with Crippen molar-refractivity contribution in [2.45, 2.75) is 0 Å². The Labute approximate surface area is 88.7 Å². The first-order valence-corrected chi connectivity index (χ1v) is 4.87. The number of benzene rings is 1. The first kappa shape index (κ1) is 9.27. The van der Waals surface area contributed by atoms with E-state index in [4.69, 9.17) is 0 Å². The fourth-order valence-electron chi connectivity index (χ4n) is 1.41. The summed E-state index contributed by atoms with van der Waals surface area (Å²) in [6.07, 6.45) is 1.68. The number of hydrogen-bond donors (Lipinski definition) is 1. The monoisotopic (exact) mass is 253 g/mol. The van der Waals surface area contributed by atoms with Gasteiger partial charge in [-0.25, -0.2) is 0 Å². The zero-order valence-corrected chi connectivity index (χ0v) is 9.08. The standard InChI is InChI=1S/C10H8BrNO2/c1-12-3-2-6-4-7(11)5-8(13)9(6)10(12)14/h2-5,13H,1H3. The molecule has 0 fully saturated rings. The summed E-state index contributed by atoms with van der Waals surface area (Å²) >= 11 is 3.26. The molecule has 3 nitrogen and oxygen atoms in total. The van der Waals surface area contributed by atoms with Gasteiger partial charge in [0, 0.05) is 17.7 Å². The number of rotatable bonds is 0. The molecule has 0 unspecified atom stereocenters. The predicted octanol–water partition coefficient (Wildman–Crippen LogP) is 2.01. The molecule has 0 aliphatic rings. The van der Waals surface area contributed by atoms with Crippen LogP contribution in [0.2, 0.25) is 0 Å². The molecule has 0 aliphatic carbocycles. The quantitative estimate of drug-likeness (QED) is 0.781. The summed E-state index contributed by atoms with van der Waals surface area (Å²) in [5.41, 5.74) is -0.187. The Morgan fingerprint density at radius 3 is 2.86 bits per heavy atom. The Balaban J connectivity index is 3.03. The van der Waals surface area contributed by atoms with Gasteiger partial charge >= 0.3 is 0 Å². The summed E-state index contributed by atoms with van der Waals surface area (Å²) in [4.78, 5) is 11.6. The predicted molar refractivity (Wildman–Crippen MR) is 58.6 cm³/mol. The van der Waals surface area contributed by atoms with Crippen molar-refractivity contribution >= 4 is 26.7 Å². The molecule has 2 rings (SSSR count). The average molecular weight is 254 g/mol. The van der Waals surface area contributed by atoms with Crippen molar-refractivity contribution in [3.63, 3.8) is 0 Å². The number of fused-ring (bicyclic) bond motifs is 1. The molecular weight excluding hydrogens is 246 g/mol. The van der Waals surface area contributed by atoms with E-state index < -0.39 is 0 Å². The molecule has 0 aliphatic heterocycles. The zero-order chi connectivity index (χ0) is 10.3. The van der Waals surface area contributed by atoms with Crippen LogP contribution >= 0.6 is 15.9 Å². The number of pyridine rings is 1. The van der Waals surface area contributed by atoms with Crippen LogP contribution in [0.5, 0.6) is 5.75 Å². The molecule has 0 atom stereocenters. The molecule has 1 aromatic heterocycles. The lowest BCUT2D eigenvalue weighted by atomic mass is 10.1. The van der Waals surface area contributed by atoms with Crippen LogP contribution in [0.15, 0.2) is 33.7 Å². The summed E-state index contributed by atoms with van der Waals surface area (Å²) < 4.78 is 2.20. The van der Waals surface area contributed by atoms with Gasteiger partial charge in [0.2, 0.25) is 0 Å². The van der Waals surface area contributed by atoms with Gasteiger partial charge in [0.1, 0.15) is 5.75 Å². The van der Waals surface area contributed by atoms with E-state index >= 15 is 0 Å². The van der Waals surface area contributed by atoms with Crippen molar-refractivity contribution in [1.82, 2.24) is 4.57 Å². The van der Waals surface area contributed by atoms with Crippen molar-refractivity contribution in [2.75, 3.05) is 0 Å². The normalized spacial score (nSPS) is 10.7. The average Bonchev–Trinajstić information content (AvgIpc) is 2.10. The van der Waals surface area contributed by atoms with Gasteiger partial charge in [0.05, 0.1) is 5.39 Å². The van der Waals surface area contributed by atoms with Gasteiger partial charge in [0.15, 0.2) is 0 Å². The molecule has 0 bridgehead atoms. The van der Waals surface area contributed by atoms with E-state index in [9.17, 15) is 9.90 Å². The second-order valence-corrected chi connectivity index (χ2v) is 4.04. The Morgan fingerprint density at radius 2 is 2.14 bits per heavy atom. The van der Waals surface area contributed by atoms with Crippen LogP contribution in [0.1, 0.15) is 0 Å². The summed E-state index contributed by atoms with van der Waals surface area (Å²) in [7, 11) is 1.66. The molecule has 72 valence electrons. The maximum absolute atomic E-state index is 11.6. The van der Waals surface area contributed by atoms with Crippen molar-refractivity contribution < 1.29 is 5.11 Å². The van der Waals surface area contributed by atoms with E-state index in [0.29, 0.717) is 5.39 Å². The van der Waals surface area contributed by atoms with Crippen LogP contribution in [-0.4, -0.2) is 9.67 Å². The summed E-state index contributed by atoms with van der Waals surface area (Å²) in [5.74, 6) is 0.00979. The van der Waals surface area contributed by atoms with Crippen LogP contribution in [0, 0.1) is 0 Å². The summed E-state index contributed by atoms with van der Waals surface area (Å²) in [6.45, 7) is 0. The van der Waals surface area contributed by atoms with E-state index in [0.717, 1.165) is 9.86 Å². The van der Waals surface area contributed by atoms with E-state index in [1.165, 1.54) is 10.6 Å². The molecule has 1 aromatic carbocycles. The number of hydrogen-bond acceptors (Lipinski definition) is 2. The molecule has 4 heteroatoms. The molecule has 14 heavy (non-hydrogen) atoms. The summed E-state index contributed by atoms with van der Waals surface area (Å²) in [5, 5.41) is 10.7. The van der Waals surface area contributed by atoms with Gasteiger partial charge < -0.3 is 9.67 Å². The highest BCUT2D eigenvalue weighted by molar-refractivity contribution is 9.10. The van der Waals surface area contributed by atoms with Crippen LogP contribution in [-0.2, 0) is 7.05 Å². The van der Waals surface area contributed by atoms with Gasteiger partial charge in [-0.1, -0.05) is 15.9 Å². The number of halogens is 1. The van der Waals surface area contributed by atoms with Crippen LogP contribution in [0.25, 0.3) is 10.8 Å². The number of phenols is 1. The number of aryl methyl sites for hydroxylation is 1. The number of nitrogens with zero attached hydrogens (tertiary/aromatic N) is 1. The molecule has 0 amide bonds. The van der Waals surface area contributed by atoms with Crippen molar-refractivity contribution in [3.8, 4) is 5.75 Å². The fourth-order valence-corrected chi connectivity index (χ4v) is 1.88. The minimum absolute atomic E-state index is 0.00979. The lowest BCUT2D eigenvalue weighted by molar-refractivity contribution is 0.480. The summed E-state index contributed by atoms with van der Waals surface area (Å²) in [6, 6.07) is 5.11. The largest absolute Gasteiger partial charge is 0.507 e. The highest BCUT2D eigenvalue weighted by atomic mass is 79.9. The topological polar surface area (TPSA) is 42.2 Å². The van der Waals surface area contributed by atoms with E-state index in [1.807, 2.05) is 0 Å². The van der Waals surface area contributed by atoms with E-state index in [-0.39, 0.29) is 11.3 Å². The molecule has 2 aromatic rings. The minimum atomic E-state index is -0.187. The first-order valence-electron chi connectivity index (χ1n) is 4.07. The van der Waals surface area contributed by atoms with E-state index in [1.54, 1.807) is 25.4 Å². The Bertz CT molecular complexity index is 560. The highest BCUT2D eigenvalue weighted by Gasteiger charge is 2.06. The Morgan fingerprint density at radius 1 is 1.43 bits per heavy atom. The third-order valence-electron chi connectivity index (χ3n) is 2.12. The third-order valence-corrected chi connectivity index (χ3v) is 2.58. The Kier molecular flexibility index (Phi) is 2.07. The third kappa shape index (κ3) is 1.32. The first-order chi connectivity index (χ1) is 6.59. The van der Waals surface area contributed by atoms with Crippen LogP contribution in [0.4, 0.5) is 0 Å². The highest BCUT2D eigenvalue weighted by Crippen LogP contribution is 2.26. The van der Waals surface area contributed by atoms with Gasteiger partial charge in [-0.3, -0.25) is 4.79 Å². The minimum Gasteiger partial charge on any atom is -0.507 e. The van der Waals surface area contributed by atoms with Crippen molar-refractivity contribution in [3.05, 3.63) is 39.2 Å². The Hall–Kier alpha value is -1.29. The van der Waals surface area contributed by atoms with Crippen LogP contribution in [0.3, 0.4) is 0 Å². The van der Waals surface area contributed by atoms with E-state index in [2.05, 4.69) is 15.9 Å². The molecular formula is C10H8BrNO2.